The Labute approximate surface area is 193 Å². The number of carbonyl (C=O) groups is 2. The maximum atomic E-state index is 12.9. The molecule has 1 fully saturated rings. The number of carbonyl (C=O) groups excluding carboxylic acids is 2. The summed E-state index contributed by atoms with van der Waals surface area (Å²) < 4.78 is 15.9. The van der Waals surface area contributed by atoms with Gasteiger partial charge in [-0.2, -0.15) is 0 Å². The Hall–Kier alpha value is -2.58. The Balaban J connectivity index is 1.58. The first kappa shape index (κ1) is 24.1. The molecule has 2 aromatic rings. The van der Waals surface area contributed by atoms with Crippen LogP contribution in [0.25, 0.3) is 0 Å². The van der Waals surface area contributed by atoms with Gasteiger partial charge in [0.05, 0.1) is 12.7 Å². The van der Waals surface area contributed by atoms with Crippen LogP contribution in [0.15, 0.2) is 41.8 Å². The summed E-state index contributed by atoms with van der Waals surface area (Å²) in [5, 5.41) is 7.96. The monoisotopic (exact) mass is 460 g/mol. The maximum Gasteiger partial charge on any atom is 0.407 e. The molecule has 0 saturated heterocycles. The summed E-state index contributed by atoms with van der Waals surface area (Å²) in [5.74, 6) is 0.413. The first-order valence-corrected chi connectivity index (χ1v) is 11.8. The Morgan fingerprint density at radius 2 is 1.88 bits per heavy atom. The van der Waals surface area contributed by atoms with Crippen molar-refractivity contribution in [1.29, 1.82) is 0 Å². The molecular weight excluding hydrogens is 428 g/mol. The molecule has 0 spiro atoms. The van der Waals surface area contributed by atoms with Crippen LogP contribution in [0.3, 0.4) is 0 Å². The van der Waals surface area contributed by atoms with E-state index in [1.54, 1.807) is 37.7 Å². The van der Waals surface area contributed by atoms with Crippen LogP contribution in [-0.4, -0.2) is 52.0 Å². The van der Waals surface area contributed by atoms with Crippen molar-refractivity contribution in [2.75, 3.05) is 33.9 Å². The fourth-order valence-electron chi connectivity index (χ4n) is 4.13. The van der Waals surface area contributed by atoms with Gasteiger partial charge in [0.25, 0.3) is 5.91 Å². The zero-order valence-electron chi connectivity index (χ0n) is 18.7. The van der Waals surface area contributed by atoms with Crippen molar-refractivity contribution < 1.29 is 23.8 Å². The molecule has 0 radical (unpaired) electrons. The predicted octanol–water partition coefficient (Wildman–Crippen LogP) is 4.13. The fourth-order valence-corrected chi connectivity index (χ4v) is 5.12. The van der Waals surface area contributed by atoms with Crippen LogP contribution >= 0.6 is 11.3 Å². The van der Waals surface area contributed by atoms with E-state index in [1.165, 1.54) is 4.88 Å². The average Bonchev–Trinajstić information content (AvgIpc) is 3.37. The van der Waals surface area contributed by atoms with Gasteiger partial charge in [-0.05, 0) is 55.7 Å². The molecule has 0 atom stereocenters. The van der Waals surface area contributed by atoms with Gasteiger partial charge >= 0.3 is 6.09 Å². The van der Waals surface area contributed by atoms with Crippen molar-refractivity contribution in [3.05, 3.63) is 52.2 Å². The van der Waals surface area contributed by atoms with Crippen molar-refractivity contribution in [1.82, 2.24) is 10.6 Å². The maximum absolute atomic E-state index is 12.9. The summed E-state index contributed by atoms with van der Waals surface area (Å²) >= 11 is 1.71. The highest BCUT2D eigenvalue weighted by Gasteiger charge is 2.39. The molecule has 1 aromatic carbocycles. The third-order valence-electron chi connectivity index (χ3n) is 5.94. The molecule has 1 heterocycles. The van der Waals surface area contributed by atoms with Gasteiger partial charge in [0.2, 0.25) is 0 Å². The minimum absolute atomic E-state index is 0.115. The number of methoxy groups -OCH3 is 2. The molecule has 1 aliphatic carbocycles. The van der Waals surface area contributed by atoms with E-state index in [1.807, 2.05) is 18.2 Å². The van der Waals surface area contributed by atoms with Gasteiger partial charge in [0, 0.05) is 37.1 Å². The van der Waals surface area contributed by atoms with Gasteiger partial charge in [-0.15, -0.1) is 11.3 Å². The number of ether oxygens (including phenoxy) is 3. The molecule has 32 heavy (non-hydrogen) atoms. The zero-order chi connectivity index (χ0) is 22.8. The highest BCUT2D eigenvalue weighted by molar-refractivity contribution is 7.10. The lowest BCUT2D eigenvalue weighted by atomic mass is 9.72. The Morgan fingerprint density at radius 1 is 1.09 bits per heavy atom. The number of thiophene rings is 1. The van der Waals surface area contributed by atoms with E-state index in [0.717, 1.165) is 32.1 Å². The number of alkyl carbamates (subject to hydrolysis) is 1. The van der Waals surface area contributed by atoms with E-state index in [9.17, 15) is 9.59 Å². The van der Waals surface area contributed by atoms with Crippen molar-refractivity contribution in [2.24, 2.45) is 0 Å². The van der Waals surface area contributed by atoms with Gasteiger partial charge in [-0.25, -0.2) is 4.79 Å². The van der Waals surface area contributed by atoms with Crippen molar-refractivity contribution in [3.8, 4) is 5.75 Å². The molecule has 174 valence electrons. The standard InChI is InChI=1S/C24H32N2O5S/c1-29-15-6-14-25-23(28)31-18-10-12-24(13-11-18,21-9-5-16-32-21)17-26-22(27)19-7-3-4-8-20(19)30-2/h3-5,7-9,16,18H,6,10-15,17H2,1-2H3,(H,25,28)(H,26,27). The first-order chi connectivity index (χ1) is 15.6. The third-order valence-corrected chi connectivity index (χ3v) is 7.06. The lowest BCUT2D eigenvalue weighted by molar-refractivity contribution is 0.0567. The molecule has 2 amide bonds. The number of rotatable bonds is 10. The van der Waals surface area contributed by atoms with Crippen molar-refractivity contribution >= 4 is 23.3 Å². The topological polar surface area (TPSA) is 85.9 Å². The quantitative estimate of drug-likeness (QED) is 0.521. The largest absolute Gasteiger partial charge is 0.496 e. The lowest BCUT2D eigenvalue weighted by Gasteiger charge is -2.39. The zero-order valence-corrected chi connectivity index (χ0v) is 19.5. The van der Waals surface area contributed by atoms with Gasteiger partial charge in [-0.3, -0.25) is 4.79 Å². The van der Waals surface area contributed by atoms with Crippen LogP contribution in [0, 0.1) is 0 Å². The van der Waals surface area contributed by atoms with Crippen molar-refractivity contribution in [2.45, 2.75) is 43.6 Å². The van der Waals surface area contributed by atoms with E-state index < -0.39 is 0 Å². The molecule has 7 nitrogen and oxygen atoms in total. The highest BCUT2D eigenvalue weighted by Crippen LogP contribution is 2.42. The van der Waals surface area contributed by atoms with Crippen molar-refractivity contribution in [3.63, 3.8) is 0 Å². The molecule has 1 aliphatic rings. The van der Waals surface area contributed by atoms with Gasteiger partial charge in [-0.1, -0.05) is 18.2 Å². The number of hydrogen-bond donors (Lipinski definition) is 2. The van der Waals surface area contributed by atoms with Crippen LogP contribution in [0.2, 0.25) is 0 Å². The van der Waals surface area contributed by atoms with Crippen LogP contribution in [0.5, 0.6) is 5.75 Å². The number of hydrogen-bond acceptors (Lipinski definition) is 6. The molecule has 2 N–H and O–H groups in total. The van der Waals surface area contributed by atoms with E-state index in [4.69, 9.17) is 14.2 Å². The van der Waals surface area contributed by atoms with Crippen LogP contribution < -0.4 is 15.4 Å². The summed E-state index contributed by atoms with van der Waals surface area (Å²) in [7, 11) is 3.20. The Bertz CT molecular complexity index is 863. The second-order valence-corrected chi connectivity index (χ2v) is 8.97. The molecule has 0 bridgehead atoms. The van der Waals surface area contributed by atoms with Gasteiger partial charge in [0.1, 0.15) is 11.9 Å². The third kappa shape index (κ3) is 6.23. The minimum atomic E-state index is -0.376. The molecule has 8 heteroatoms. The van der Waals surface area contributed by atoms with Gasteiger partial charge in [0.15, 0.2) is 0 Å². The molecule has 0 unspecified atom stereocenters. The van der Waals surface area contributed by atoms with E-state index in [0.29, 0.717) is 31.0 Å². The lowest BCUT2D eigenvalue weighted by Crippen LogP contribution is -2.44. The van der Waals surface area contributed by atoms with Crippen LogP contribution in [0.4, 0.5) is 4.79 Å². The van der Waals surface area contributed by atoms with E-state index in [-0.39, 0.29) is 23.5 Å². The Morgan fingerprint density at radius 3 is 2.56 bits per heavy atom. The minimum Gasteiger partial charge on any atom is -0.496 e. The summed E-state index contributed by atoms with van der Waals surface area (Å²) in [6.07, 6.45) is 3.45. The van der Waals surface area contributed by atoms with E-state index in [2.05, 4.69) is 22.1 Å². The summed E-state index contributed by atoms with van der Waals surface area (Å²) in [4.78, 5) is 26.2. The Kier molecular flexibility index (Phi) is 8.93. The normalized spacial score (nSPS) is 20.4. The summed E-state index contributed by atoms with van der Waals surface area (Å²) in [5.41, 5.74) is 0.360. The van der Waals surface area contributed by atoms with E-state index >= 15 is 0 Å². The van der Waals surface area contributed by atoms with Gasteiger partial charge < -0.3 is 24.8 Å². The first-order valence-electron chi connectivity index (χ1n) is 11.0. The molecule has 1 saturated carbocycles. The highest BCUT2D eigenvalue weighted by atomic mass is 32.1. The number of para-hydroxylation sites is 1. The number of nitrogens with one attached hydrogen (secondary N) is 2. The molecular formula is C24H32N2O5S. The number of amides is 2. The summed E-state index contributed by atoms with van der Waals surface area (Å²) in [6.45, 7) is 1.67. The molecule has 0 aliphatic heterocycles. The second-order valence-electron chi connectivity index (χ2n) is 8.02. The summed E-state index contributed by atoms with van der Waals surface area (Å²) in [6, 6.07) is 11.4. The van der Waals surface area contributed by atoms with Crippen LogP contribution in [0.1, 0.15) is 47.3 Å². The second kappa shape index (κ2) is 11.9. The molecule has 1 aromatic heterocycles. The predicted molar refractivity (Wildman–Crippen MR) is 125 cm³/mol. The number of benzene rings is 1. The fraction of sp³-hybridized carbons (Fsp3) is 0.500. The molecule has 3 rings (SSSR count). The SMILES string of the molecule is COCCCNC(=O)OC1CCC(CNC(=O)c2ccccc2OC)(c2cccs2)CC1. The smallest absolute Gasteiger partial charge is 0.407 e. The average molecular weight is 461 g/mol. The van der Waals surface area contributed by atoms with Crippen LogP contribution in [-0.2, 0) is 14.9 Å².